The third-order valence-corrected chi connectivity index (χ3v) is 6.51. The SMILES string of the molecule is CN(C)C[C@H]1[C@@H]2CC[C@@]3(CN(C(=O)c4ccc5c(c4)OCC(=O)N5)C[C@@H]13)O2. The molecule has 1 spiro atoms. The lowest BCUT2D eigenvalue weighted by atomic mass is 9.73. The zero-order valence-corrected chi connectivity index (χ0v) is 15.7. The molecule has 1 aromatic rings. The summed E-state index contributed by atoms with van der Waals surface area (Å²) in [5.74, 6) is 1.30. The van der Waals surface area contributed by atoms with Gasteiger partial charge in [0.05, 0.1) is 23.9 Å². The highest BCUT2D eigenvalue weighted by molar-refractivity contribution is 5.99. The Kier molecular flexibility index (Phi) is 3.74. The van der Waals surface area contributed by atoms with Crippen LogP contribution in [-0.4, -0.2) is 73.7 Å². The van der Waals surface area contributed by atoms with Gasteiger partial charge in [0.1, 0.15) is 5.75 Å². The molecule has 1 N–H and O–H groups in total. The third kappa shape index (κ3) is 2.63. The minimum absolute atomic E-state index is 0.0118. The number of hydrogen-bond donors (Lipinski definition) is 1. The second-order valence-corrected chi connectivity index (χ2v) is 8.53. The molecule has 3 saturated heterocycles. The van der Waals surface area contributed by atoms with E-state index in [1.54, 1.807) is 18.2 Å². The van der Waals surface area contributed by atoms with Crippen LogP contribution in [0.25, 0.3) is 0 Å². The topological polar surface area (TPSA) is 71.1 Å². The number of amides is 2. The van der Waals surface area contributed by atoms with Crippen LogP contribution < -0.4 is 10.1 Å². The number of anilines is 1. The molecule has 0 unspecified atom stereocenters. The van der Waals surface area contributed by atoms with Gasteiger partial charge < -0.3 is 24.6 Å². The van der Waals surface area contributed by atoms with E-state index in [1.165, 1.54) is 0 Å². The van der Waals surface area contributed by atoms with Crippen LogP contribution in [0.1, 0.15) is 23.2 Å². The Bertz CT molecular complexity index is 810. The lowest BCUT2D eigenvalue weighted by Crippen LogP contribution is -2.40. The first kappa shape index (κ1) is 17.0. The second-order valence-electron chi connectivity index (χ2n) is 8.53. The van der Waals surface area contributed by atoms with Crippen molar-refractivity contribution >= 4 is 17.5 Å². The van der Waals surface area contributed by atoms with Crippen LogP contribution in [0.2, 0.25) is 0 Å². The molecule has 0 aromatic heterocycles. The van der Waals surface area contributed by atoms with E-state index in [4.69, 9.17) is 9.47 Å². The number of ether oxygens (including phenoxy) is 2. The van der Waals surface area contributed by atoms with Crippen molar-refractivity contribution in [2.45, 2.75) is 24.5 Å². The minimum atomic E-state index is -0.173. The third-order valence-electron chi connectivity index (χ3n) is 6.51. The van der Waals surface area contributed by atoms with E-state index in [0.29, 0.717) is 41.5 Å². The fourth-order valence-corrected chi connectivity index (χ4v) is 5.40. The Morgan fingerprint density at radius 3 is 3.07 bits per heavy atom. The van der Waals surface area contributed by atoms with Crippen molar-refractivity contribution in [1.29, 1.82) is 0 Å². The second kappa shape index (κ2) is 5.94. The summed E-state index contributed by atoms with van der Waals surface area (Å²) in [6, 6.07) is 5.24. The number of benzene rings is 1. The molecule has 144 valence electrons. The molecule has 5 rings (SSSR count). The maximum Gasteiger partial charge on any atom is 0.262 e. The fraction of sp³-hybridized carbons (Fsp3) is 0.600. The van der Waals surface area contributed by atoms with Gasteiger partial charge in [-0.15, -0.1) is 0 Å². The lowest BCUT2D eigenvalue weighted by molar-refractivity contribution is -0.118. The number of nitrogens with one attached hydrogen (secondary N) is 1. The quantitative estimate of drug-likeness (QED) is 0.865. The molecule has 4 atom stereocenters. The lowest BCUT2D eigenvalue weighted by Gasteiger charge is -2.30. The summed E-state index contributed by atoms with van der Waals surface area (Å²) in [5.41, 5.74) is 1.06. The number of hydrogen-bond acceptors (Lipinski definition) is 5. The van der Waals surface area contributed by atoms with Crippen molar-refractivity contribution in [2.24, 2.45) is 11.8 Å². The number of nitrogens with zero attached hydrogens (tertiary/aromatic N) is 2. The van der Waals surface area contributed by atoms with Crippen molar-refractivity contribution < 1.29 is 19.1 Å². The molecule has 0 saturated carbocycles. The molecule has 7 nitrogen and oxygen atoms in total. The summed E-state index contributed by atoms with van der Waals surface area (Å²) in [4.78, 5) is 28.7. The van der Waals surface area contributed by atoms with E-state index in [9.17, 15) is 9.59 Å². The average molecular weight is 371 g/mol. The normalized spacial score (nSPS) is 33.7. The van der Waals surface area contributed by atoms with E-state index < -0.39 is 0 Å². The van der Waals surface area contributed by atoms with Crippen LogP contribution in [0.15, 0.2) is 18.2 Å². The van der Waals surface area contributed by atoms with Crippen LogP contribution in [0.3, 0.4) is 0 Å². The molecule has 0 radical (unpaired) electrons. The zero-order valence-electron chi connectivity index (χ0n) is 15.7. The molecule has 0 aliphatic carbocycles. The number of carbonyl (C=O) groups excluding carboxylic acids is 2. The standard InChI is InChI=1S/C20H25N3O4/c1-22(2)8-13-14-9-23(11-20(14)6-5-16(13)27-20)19(25)12-3-4-15-17(7-12)26-10-18(24)21-15/h3-4,7,13-14,16H,5-6,8-11H2,1-2H3,(H,21,24)/t13-,14+,16+,20+/m1/s1. The maximum atomic E-state index is 13.1. The van der Waals surface area contributed by atoms with Crippen molar-refractivity contribution in [2.75, 3.05) is 45.7 Å². The van der Waals surface area contributed by atoms with Gasteiger partial charge in [-0.2, -0.15) is 0 Å². The van der Waals surface area contributed by atoms with E-state index in [1.807, 2.05) is 4.90 Å². The van der Waals surface area contributed by atoms with Gasteiger partial charge in [0.15, 0.2) is 6.61 Å². The number of rotatable bonds is 3. The van der Waals surface area contributed by atoms with Crippen molar-refractivity contribution in [3.63, 3.8) is 0 Å². The monoisotopic (exact) mass is 371 g/mol. The Hall–Kier alpha value is -2.12. The summed E-state index contributed by atoms with van der Waals surface area (Å²) in [6.07, 6.45) is 2.49. The number of carbonyl (C=O) groups is 2. The van der Waals surface area contributed by atoms with Gasteiger partial charge >= 0.3 is 0 Å². The highest BCUT2D eigenvalue weighted by Gasteiger charge is 2.63. The summed E-state index contributed by atoms with van der Waals surface area (Å²) in [7, 11) is 4.20. The molecule has 2 amide bonds. The van der Waals surface area contributed by atoms with Gasteiger partial charge in [-0.3, -0.25) is 9.59 Å². The fourth-order valence-electron chi connectivity index (χ4n) is 5.40. The highest BCUT2D eigenvalue weighted by Crippen LogP contribution is 2.55. The minimum Gasteiger partial charge on any atom is -0.482 e. The number of fused-ring (bicyclic) bond motifs is 2. The summed E-state index contributed by atoms with van der Waals surface area (Å²) >= 11 is 0. The molecule has 7 heteroatoms. The Balaban J connectivity index is 1.36. The van der Waals surface area contributed by atoms with Gasteiger partial charge in [0, 0.05) is 30.5 Å². The molecular weight excluding hydrogens is 346 g/mol. The smallest absolute Gasteiger partial charge is 0.262 e. The predicted molar refractivity (Wildman–Crippen MR) is 98.8 cm³/mol. The van der Waals surface area contributed by atoms with Gasteiger partial charge in [-0.1, -0.05) is 0 Å². The predicted octanol–water partition coefficient (Wildman–Crippen LogP) is 1.20. The summed E-state index contributed by atoms with van der Waals surface area (Å²) in [5, 5.41) is 2.76. The summed E-state index contributed by atoms with van der Waals surface area (Å²) in [6.45, 7) is 2.42. The van der Waals surface area contributed by atoms with Crippen LogP contribution in [0.5, 0.6) is 5.75 Å². The first-order chi connectivity index (χ1) is 12.9. The molecule has 27 heavy (non-hydrogen) atoms. The largest absolute Gasteiger partial charge is 0.482 e. The van der Waals surface area contributed by atoms with Crippen LogP contribution in [0.4, 0.5) is 5.69 Å². The van der Waals surface area contributed by atoms with Crippen molar-refractivity contribution in [1.82, 2.24) is 9.80 Å². The molecule has 3 fully saturated rings. The van der Waals surface area contributed by atoms with E-state index in [-0.39, 0.29) is 24.0 Å². The van der Waals surface area contributed by atoms with Crippen LogP contribution in [-0.2, 0) is 9.53 Å². The van der Waals surface area contributed by atoms with Gasteiger partial charge in [0.2, 0.25) is 0 Å². The van der Waals surface area contributed by atoms with Gasteiger partial charge in [-0.25, -0.2) is 0 Å². The van der Waals surface area contributed by atoms with Crippen LogP contribution in [0, 0.1) is 11.8 Å². The van der Waals surface area contributed by atoms with E-state index >= 15 is 0 Å². The van der Waals surface area contributed by atoms with E-state index in [0.717, 1.165) is 25.9 Å². The Morgan fingerprint density at radius 1 is 1.41 bits per heavy atom. The average Bonchev–Trinajstić information content (AvgIpc) is 3.30. The highest BCUT2D eigenvalue weighted by atomic mass is 16.5. The zero-order chi connectivity index (χ0) is 18.8. The van der Waals surface area contributed by atoms with Gasteiger partial charge in [-0.05, 0) is 45.1 Å². The first-order valence-electron chi connectivity index (χ1n) is 9.64. The molecule has 4 aliphatic heterocycles. The van der Waals surface area contributed by atoms with E-state index in [2.05, 4.69) is 24.3 Å². The van der Waals surface area contributed by atoms with Gasteiger partial charge in [0.25, 0.3) is 11.8 Å². The molecule has 2 bridgehead atoms. The molecule has 4 aliphatic rings. The Morgan fingerprint density at radius 2 is 2.26 bits per heavy atom. The first-order valence-corrected chi connectivity index (χ1v) is 9.64. The molecule has 4 heterocycles. The van der Waals surface area contributed by atoms with Crippen molar-refractivity contribution in [3.8, 4) is 5.75 Å². The van der Waals surface area contributed by atoms with Crippen LogP contribution >= 0.6 is 0 Å². The summed E-state index contributed by atoms with van der Waals surface area (Å²) < 4.78 is 11.9. The number of likely N-dealkylation sites (tertiary alicyclic amines) is 1. The maximum absolute atomic E-state index is 13.1. The molecule has 1 aromatic carbocycles. The Labute approximate surface area is 158 Å². The van der Waals surface area contributed by atoms with Crippen molar-refractivity contribution in [3.05, 3.63) is 23.8 Å². The molecular formula is C20H25N3O4.